The molecule has 0 amide bonds. The third-order valence-corrected chi connectivity index (χ3v) is 5.97. The topological polar surface area (TPSA) is 75.2 Å². The Balaban J connectivity index is 2.10. The van der Waals surface area contributed by atoms with Crippen molar-refractivity contribution in [2.24, 2.45) is 5.41 Å². The van der Waals surface area contributed by atoms with Gasteiger partial charge in [-0.3, -0.25) is 5.10 Å². The first-order valence-electron chi connectivity index (χ1n) is 7.97. The number of hydrogen-bond acceptors (Lipinski definition) is 3. The molecule has 0 saturated carbocycles. The first kappa shape index (κ1) is 17.2. The van der Waals surface area contributed by atoms with Crippen LogP contribution in [0.2, 0.25) is 25.7 Å². The van der Waals surface area contributed by atoms with Crippen molar-refractivity contribution in [1.29, 1.82) is 0 Å². The van der Waals surface area contributed by atoms with Gasteiger partial charge in [0.1, 0.15) is 0 Å². The normalized spacial score (nSPS) is 20.7. The van der Waals surface area contributed by atoms with Crippen LogP contribution in [0.4, 0.5) is 0 Å². The molecule has 0 radical (unpaired) electrons. The molecule has 0 saturated heterocycles. The molecular weight excluding hydrogens is 296 g/mol. The number of nitrogens with zero attached hydrogens (tertiary/aromatic N) is 1. The largest absolute Gasteiger partial charge is 0.476 e. The van der Waals surface area contributed by atoms with E-state index in [-0.39, 0.29) is 17.0 Å². The Kier molecular flexibility index (Phi) is 4.82. The van der Waals surface area contributed by atoms with Gasteiger partial charge in [-0.15, -0.1) is 0 Å². The monoisotopic (exact) mass is 324 g/mol. The van der Waals surface area contributed by atoms with E-state index >= 15 is 0 Å². The summed E-state index contributed by atoms with van der Waals surface area (Å²) in [6.45, 7) is 12.8. The minimum Gasteiger partial charge on any atom is -0.476 e. The molecule has 1 aliphatic rings. The maximum absolute atomic E-state index is 11.4. The standard InChI is InChI=1S/C16H28N2O3Si/c1-16(2)8-11(10-21-6-7-22(3,4)5)13-12(9-16)17-18-14(13)15(19)20/h11H,6-10H2,1-5H3,(H,17,18)(H,19,20). The van der Waals surface area contributed by atoms with Gasteiger partial charge in [0, 0.05) is 31.9 Å². The first-order chi connectivity index (χ1) is 10.1. The summed E-state index contributed by atoms with van der Waals surface area (Å²) in [5.74, 6) is -0.838. The van der Waals surface area contributed by atoms with Crippen molar-refractivity contribution in [3.63, 3.8) is 0 Å². The molecule has 1 heterocycles. The van der Waals surface area contributed by atoms with E-state index in [1.54, 1.807) is 0 Å². The Hall–Kier alpha value is -1.14. The summed E-state index contributed by atoms with van der Waals surface area (Å²) in [6.07, 6.45) is 1.78. The van der Waals surface area contributed by atoms with Crippen molar-refractivity contribution >= 4 is 14.0 Å². The van der Waals surface area contributed by atoms with Gasteiger partial charge >= 0.3 is 5.97 Å². The van der Waals surface area contributed by atoms with Gasteiger partial charge in [-0.2, -0.15) is 5.10 Å². The fourth-order valence-corrected chi connectivity index (χ4v) is 3.95. The highest BCUT2D eigenvalue weighted by Gasteiger charge is 2.37. The highest BCUT2D eigenvalue weighted by Crippen LogP contribution is 2.42. The van der Waals surface area contributed by atoms with Gasteiger partial charge in [-0.25, -0.2) is 4.79 Å². The van der Waals surface area contributed by atoms with Crippen molar-refractivity contribution in [2.75, 3.05) is 13.2 Å². The summed E-state index contributed by atoms with van der Waals surface area (Å²) >= 11 is 0. The van der Waals surface area contributed by atoms with E-state index in [2.05, 4.69) is 43.7 Å². The van der Waals surface area contributed by atoms with Gasteiger partial charge in [0.25, 0.3) is 0 Å². The predicted octanol–water partition coefficient (Wildman–Crippen LogP) is 3.52. The molecule has 1 unspecified atom stereocenters. The van der Waals surface area contributed by atoms with Crippen LogP contribution in [-0.2, 0) is 11.2 Å². The van der Waals surface area contributed by atoms with Crippen LogP contribution < -0.4 is 0 Å². The Labute approximate surface area is 133 Å². The van der Waals surface area contributed by atoms with Crippen LogP contribution in [0.25, 0.3) is 0 Å². The van der Waals surface area contributed by atoms with E-state index in [1.807, 2.05) is 0 Å². The van der Waals surface area contributed by atoms with E-state index in [1.165, 1.54) is 0 Å². The maximum atomic E-state index is 11.4. The fraction of sp³-hybridized carbons (Fsp3) is 0.750. The number of hydrogen-bond donors (Lipinski definition) is 2. The average Bonchev–Trinajstić information content (AvgIpc) is 2.75. The number of fused-ring (bicyclic) bond motifs is 1. The molecule has 0 bridgehead atoms. The summed E-state index contributed by atoms with van der Waals surface area (Å²) in [7, 11) is -1.10. The molecule has 1 aromatic rings. The van der Waals surface area contributed by atoms with E-state index < -0.39 is 14.0 Å². The molecule has 2 rings (SSSR count). The summed E-state index contributed by atoms with van der Waals surface area (Å²) in [5.41, 5.74) is 2.14. The molecule has 1 aromatic heterocycles. The average molecular weight is 324 g/mol. The first-order valence-corrected chi connectivity index (χ1v) is 11.7. The lowest BCUT2D eigenvalue weighted by molar-refractivity contribution is 0.0683. The van der Waals surface area contributed by atoms with Crippen LogP contribution in [-0.4, -0.2) is 42.6 Å². The maximum Gasteiger partial charge on any atom is 0.356 e. The highest BCUT2D eigenvalue weighted by atomic mass is 28.3. The van der Waals surface area contributed by atoms with Gasteiger partial charge in [-0.05, 0) is 24.3 Å². The second-order valence-electron chi connectivity index (χ2n) is 8.40. The molecule has 0 fully saturated rings. The van der Waals surface area contributed by atoms with Crippen LogP contribution in [0.1, 0.15) is 47.9 Å². The second-order valence-corrected chi connectivity index (χ2v) is 14.0. The number of H-pyrrole nitrogens is 1. The zero-order valence-corrected chi connectivity index (χ0v) is 15.3. The molecule has 1 atom stereocenters. The number of nitrogens with one attached hydrogen (secondary N) is 1. The van der Waals surface area contributed by atoms with Gasteiger partial charge in [0.2, 0.25) is 0 Å². The van der Waals surface area contributed by atoms with Crippen molar-refractivity contribution < 1.29 is 14.6 Å². The number of carbonyl (C=O) groups is 1. The molecule has 5 nitrogen and oxygen atoms in total. The number of aromatic nitrogens is 2. The molecule has 0 aromatic carbocycles. The zero-order chi connectivity index (χ0) is 16.5. The van der Waals surface area contributed by atoms with Crippen LogP contribution in [0, 0.1) is 5.41 Å². The predicted molar refractivity (Wildman–Crippen MR) is 89.4 cm³/mol. The SMILES string of the molecule is CC1(C)Cc2[nH]nc(C(=O)O)c2C(COCC[Si](C)(C)C)C1. The Morgan fingerprint density at radius 2 is 2.14 bits per heavy atom. The quantitative estimate of drug-likeness (QED) is 0.620. The number of rotatable bonds is 6. The Morgan fingerprint density at radius 1 is 1.45 bits per heavy atom. The second kappa shape index (κ2) is 6.16. The van der Waals surface area contributed by atoms with Crippen LogP contribution in [0.5, 0.6) is 0 Å². The van der Waals surface area contributed by atoms with Crippen molar-refractivity contribution in [2.45, 2.75) is 58.3 Å². The van der Waals surface area contributed by atoms with Crippen molar-refractivity contribution in [1.82, 2.24) is 10.2 Å². The van der Waals surface area contributed by atoms with Crippen LogP contribution in [0.15, 0.2) is 0 Å². The highest BCUT2D eigenvalue weighted by molar-refractivity contribution is 6.76. The van der Waals surface area contributed by atoms with Gasteiger partial charge < -0.3 is 9.84 Å². The summed E-state index contributed by atoms with van der Waals surface area (Å²) < 4.78 is 5.90. The molecule has 22 heavy (non-hydrogen) atoms. The molecule has 2 N–H and O–H groups in total. The van der Waals surface area contributed by atoms with E-state index in [0.717, 1.165) is 36.8 Å². The van der Waals surface area contributed by atoms with Crippen LogP contribution in [0.3, 0.4) is 0 Å². The number of aromatic amines is 1. The minimum absolute atomic E-state index is 0.116. The molecule has 0 aliphatic heterocycles. The number of ether oxygens (including phenoxy) is 1. The smallest absolute Gasteiger partial charge is 0.356 e. The lowest BCUT2D eigenvalue weighted by atomic mass is 9.71. The summed E-state index contributed by atoms with van der Waals surface area (Å²) in [4.78, 5) is 11.4. The molecule has 6 heteroatoms. The van der Waals surface area contributed by atoms with Crippen LogP contribution >= 0.6 is 0 Å². The van der Waals surface area contributed by atoms with Gasteiger partial charge in [-0.1, -0.05) is 33.5 Å². The molecular formula is C16H28N2O3Si. The lowest BCUT2D eigenvalue weighted by Gasteiger charge is -2.35. The Bertz CT molecular complexity index is 546. The van der Waals surface area contributed by atoms with Gasteiger partial charge in [0.05, 0.1) is 6.61 Å². The van der Waals surface area contributed by atoms with E-state index in [0.29, 0.717) is 6.61 Å². The van der Waals surface area contributed by atoms with Gasteiger partial charge in [0.15, 0.2) is 5.69 Å². The third-order valence-electron chi connectivity index (χ3n) is 4.26. The van der Waals surface area contributed by atoms with E-state index in [9.17, 15) is 9.90 Å². The number of carboxylic acids is 1. The number of aromatic carboxylic acids is 1. The molecule has 1 aliphatic carbocycles. The van der Waals surface area contributed by atoms with E-state index in [4.69, 9.17) is 4.74 Å². The zero-order valence-electron chi connectivity index (χ0n) is 14.3. The molecule has 124 valence electrons. The third kappa shape index (κ3) is 4.20. The van der Waals surface area contributed by atoms with Crippen molar-refractivity contribution in [3.05, 3.63) is 17.0 Å². The summed E-state index contributed by atoms with van der Waals surface area (Å²) in [6, 6.07) is 1.13. The number of carboxylic acid groups (broad SMARTS) is 1. The lowest BCUT2D eigenvalue weighted by Crippen LogP contribution is -2.29. The summed E-state index contributed by atoms with van der Waals surface area (Å²) in [5, 5.41) is 16.3. The van der Waals surface area contributed by atoms with Crippen molar-refractivity contribution in [3.8, 4) is 0 Å². The minimum atomic E-state index is -1.10. The Morgan fingerprint density at radius 3 is 2.73 bits per heavy atom. The molecule has 0 spiro atoms. The fourth-order valence-electron chi connectivity index (χ4n) is 3.19.